The molecule has 7 heteroatoms. The van der Waals surface area contributed by atoms with Gasteiger partial charge in [-0.2, -0.15) is 0 Å². The highest BCUT2D eigenvalue weighted by atomic mass is 35.5. The van der Waals surface area contributed by atoms with Gasteiger partial charge in [0.25, 0.3) is 0 Å². The maximum absolute atomic E-state index is 5.91. The summed E-state index contributed by atoms with van der Waals surface area (Å²) in [7, 11) is 0. The van der Waals surface area contributed by atoms with Crippen LogP contribution in [-0.4, -0.2) is 15.0 Å². The Balaban J connectivity index is 1.76. The summed E-state index contributed by atoms with van der Waals surface area (Å²) in [5.74, 6) is 0.501. The second-order valence-electron chi connectivity index (χ2n) is 4.64. The molecule has 0 aliphatic heterocycles. The maximum Gasteiger partial charge on any atom is 0.224 e. The molecule has 4 nitrogen and oxygen atoms in total. The van der Waals surface area contributed by atoms with Gasteiger partial charge in [-0.25, -0.2) is 15.0 Å². The van der Waals surface area contributed by atoms with E-state index in [2.05, 4.69) is 20.3 Å². The molecule has 0 aliphatic rings. The highest BCUT2D eigenvalue weighted by Gasteiger charge is 2.12. The minimum absolute atomic E-state index is 0.0389. The summed E-state index contributed by atoms with van der Waals surface area (Å²) in [5, 5.41) is 5.30. The molecule has 0 spiro atoms. The molecule has 0 unspecified atom stereocenters. The summed E-state index contributed by atoms with van der Waals surface area (Å²) in [5.41, 5.74) is 1.05. The van der Waals surface area contributed by atoms with Crippen LogP contribution in [0.4, 0.5) is 5.95 Å². The lowest BCUT2D eigenvalue weighted by Crippen LogP contribution is -2.07. The molecule has 0 amide bonds. The molecule has 3 aromatic rings. The molecule has 22 heavy (non-hydrogen) atoms. The maximum atomic E-state index is 5.91. The van der Waals surface area contributed by atoms with Crippen molar-refractivity contribution in [3.8, 4) is 10.6 Å². The predicted octanol–water partition coefficient (Wildman–Crippen LogP) is 5.08. The van der Waals surface area contributed by atoms with E-state index < -0.39 is 0 Å². The van der Waals surface area contributed by atoms with E-state index in [0.717, 1.165) is 15.4 Å². The van der Waals surface area contributed by atoms with E-state index in [1.165, 1.54) is 0 Å². The van der Waals surface area contributed by atoms with Gasteiger partial charge in [0, 0.05) is 27.9 Å². The van der Waals surface area contributed by atoms with Crippen LogP contribution in [0.15, 0.2) is 42.7 Å². The fourth-order valence-corrected chi connectivity index (χ4v) is 3.07. The lowest BCUT2D eigenvalue weighted by molar-refractivity contribution is 0.876. The van der Waals surface area contributed by atoms with Gasteiger partial charge in [0.2, 0.25) is 5.95 Å². The Morgan fingerprint density at radius 2 is 1.86 bits per heavy atom. The number of thiazole rings is 1. The first-order valence-corrected chi connectivity index (χ1v) is 8.16. The van der Waals surface area contributed by atoms with Crippen molar-refractivity contribution in [3.63, 3.8) is 0 Å². The zero-order chi connectivity index (χ0) is 15.5. The fourth-order valence-electron chi connectivity index (χ4n) is 1.88. The standard InChI is InChI=1S/C15H12Cl2N4S/c1-9(20-15-18-7-6-13(17)21-15)12-8-19-14(22-12)10-2-4-11(16)5-3-10/h2-9H,1H3,(H,18,20,21)/t9-/m0/s1. The molecule has 0 saturated carbocycles. The van der Waals surface area contributed by atoms with Crippen molar-refractivity contribution >= 4 is 40.5 Å². The molecule has 2 heterocycles. The number of hydrogen-bond acceptors (Lipinski definition) is 5. The van der Waals surface area contributed by atoms with E-state index in [4.69, 9.17) is 23.2 Å². The second kappa shape index (κ2) is 6.60. The lowest BCUT2D eigenvalue weighted by atomic mass is 10.2. The summed E-state index contributed by atoms with van der Waals surface area (Å²) in [4.78, 5) is 13.8. The number of rotatable bonds is 4. The first-order valence-electron chi connectivity index (χ1n) is 6.58. The van der Waals surface area contributed by atoms with Gasteiger partial charge in [0.1, 0.15) is 10.2 Å². The molecule has 1 aromatic carbocycles. The third-order valence-corrected chi connectivity index (χ3v) is 4.70. The molecule has 0 fully saturated rings. The zero-order valence-corrected chi connectivity index (χ0v) is 14.0. The molecule has 0 bridgehead atoms. The van der Waals surface area contributed by atoms with Gasteiger partial charge in [-0.3, -0.25) is 0 Å². The van der Waals surface area contributed by atoms with Crippen molar-refractivity contribution < 1.29 is 0 Å². The van der Waals surface area contributed by atoms with Crippen LogP contribution in [0.2, 0.25) is 10.2 Å². The van der Waals surface area contributed by atoms with Crippen LogP contribution in [0.3, 0.4) is 0 Å². The number of nitrogens with zero attached hydrogens (tertiary/aromatic N) is 3. The third kappa shape index (κ3) is 3.55. The summed E-state index contributed by atoms with van der Waals surface area (Å²) >= 11 is 13.4. The third-order valence-electron chi connectivity index (χ3n) is 3.01. The van der Waals surface area contributed by atoms with E-state index in [9.17, 15) is 0 Å². The molecule has 0 saturated heterocycles. The Kier molecular flexibility index (Phi) is 4.57. The number of benzene rings is 1. The number of anilines is 1. The summed E-state index contributed by atoms with van der Waals surface area (Å²) in [6, 6.07) is 9.32. The minimum atomic E-state index is 0.0389. The minimum Gasteiger partial charge on any atom is -0.347 e. The highest BCUT2D eigenvalue weighted by Crippen LogP contribution is 2.30. The molecule has 2 aromatic heterocycles. The number of aromatic nitrogens is 3. The van der Waals surface area contributed by atoms with Gasteiger partial charge in [0.15, 0.2) is 0 Å². The zero-order valence-electron chi connectivity index (χ0n) is 11.6. The van der Waals surface area contributed by atoms with Crippen LogP contribution < -0.4 is 5.32 Å². The molecule has 0 radical (unpaired) electrons. The van der Waals surface area contributed by atoms with Gasteiger partial charge in [0.05, 0.1) is 6.04 Å². The quantitative estimate of drug-likeness (QED) is 0.666. The van der Waals surface area contributed by atoms with Gasteiger partial charge in [-0.1, -0.05) is 35.3 Å². The van der Waals surface area contributed by atoms with E-state index in [1.54, 1.807) is 23.6 Å². The van der Waals surface area contributed by atoms with Crippen LogP contribution in [-0.2, 0) is 0 Å². The molecule has 112 valence electrons. The van der Waals surface area contributed by atoms with Crippen LogP contribution in [0.25, 0.3) is 10.6 Å². The van der Waals surface area contributed by atoms with Crippen LogP contribution in [0, 0.1) is 0 Å². The fraction of sp³-hybridized carbons (Fsp3) is 0.133. The molecular weight excluding hydrogens is 339 g/mol. The lowest BCUT2D eigenvalue weighted by Gasteiger charge is -2.11. The smallest absolute Gasteiger partial charge is 0.224 e. The van der Waals surface area contributed by atoms with Crippen LogP contribution >= 0.6 is 34.5 Å². The summed E-state index contributed by atoms with van der Waals surface area (Å²) in [6.45, 7) is 2.03. The average molecular weight is 351 g/mol. The van der Waals surface area contributed by atoms with Crippen LogP contribution in [0.1, 0.15) is 17.8 Å². The highest BCUT2D eigenvalue weighted by molar-refractivity contribution is 7.15. The van der Waals surface area contributed by atoms with Crippen molar-refractivity contribution in [3.05, 3.63) is 57.8 Å². The second-order valence-corrected chi connectivity index (χ2v) is 6.53. The largest absolute Gasteiger partial charge is 0.347 e. The van der Waals surface area contributed by atoms with Crippen molar-refractivity contribution in [1.82, 2.24) is 15.0 Å². The van der Waals surface area contributed by atoms with Gasteiger partial charge in [-0.15, -0.1) is 11.3 Å². The molecule has 3 rings (SSSR count). The monoisotopic (exact) mass is 350 g/mol. The molecular formula is C15H12Cl2N4S. The topological polar surface area (TPSA) is 50.7 Å². The van der Waals surface area contributed by atoms with Crippen molar-refractivity contribution in [2.45, 2.75) is 13.0 Å². The first-order chi connectivity index (χ1) is 10.6. The Morgan fingerprint density at radius 3 is 2.59 bits per heavy atom. The number of nitrogens with one attached hydrogen (secondary N) is 1. The van der Waals surface area contributed by atoms with Crippen molar-refractivity contribution in [2.24, 2.45) is 0 Å². The van der Waals surface area contributed by atoms with Gasteiger partial charge in [-0.05, 0) is 25.1 Å². The summed E-state index contributed by atoms with van der Waals surface area (Å²) < 4.78 is 0. The average Bonchev–Trinajstić information content (AvgIpc) is 2.98. The van der Waals surface area contributed by atoms with Gasteiger partial charge >= 0.3 is 0 Å². The van der Waals surface area contributed by atoms with E-state index in [1.807, 2.05) is 37.4 Å². The molecule has 0 aliphatic carbocycles. The van der Waals surface area contributed by atoms with E-state index in [-0.39, 0.29) is 6.04 Å². The van der Waals surface area contributed by atoms with Crippen LogP contribution in [0.5, 0.6) is 0 Å². The Hall–Kier alpha value is -1.69. The normalized spacial score (nSPS) is 12.1. The van der Waals surface area contributed by atoms with E-state index >= 15 is 0 Å². The summed E-state index contributed by atoms with van der Waals surface area (Å²) in [6.07, 6.45) is 3.48. The van der Waals surface area contributed by atoms with Gasteiger partial charge < -0.3 is 5.32 Å². The molecule has 1 atom stereocenters. The molecule has 1 N–H and O–H groups in total. The predicted molar refractivity (Wildman–Crippen MR) is 91.6 cm³/mol. The van der Waals surface area contributed by atoms with E-state index in [0.29, 0.717) is 16.1 Å². The van der Waals surface area contributed by atoms with Crippen molar-refractivity contribution in [2.75, 3.05) is 5.32 Å². The Bertz CT molecular complexity index is 773. The Labute approximate surface area is 142 Å². The van der Waals surface area contributed by atoms with Crippen molar-refractivity contribution in [1.29, 1.82) is 0 Å². The number of hydrogen-bond donors (Lipinski definition) is 1. The first kappa shape index (κ1) is 15.2. The number of halogens is 2. The Morgan fingerprint density at radius 1 is 1.09 bits per heavy atom. The SMILES string of the molecule is C[C@H](Nc1nccc(Cl)n1)c1cnc(-c2ccc(Cl)cc2)s1.